The van der Waals surface area contributed by atoms with Crippen LogP contribution in [-0.2, 0) is 4.79 Å². The number of piperazine rings is 1. The summed E-state index contributed by atoms with van der Waals surface area (Å²) in [4.78, 5) is 29.5. The lowest BCUT2D eigenvalue weighted by molar-refractivity contribution is -0.134. The molecule has 1 saturated heterocycles. The molecule has 4 rings (SSSR count). The normalized spacial score (nSPS) is 16.8. The van der Waals surface area contributed by atoms with E-state index < -0.39 is 0 Å². The number of rotatable bonds is 4. The number of carbonyl (C=O) groups excluding carboxylic acids is 2. The minimum absolute atomic E-state index is 0.0412. The zero-order valence-corrected chi connectivity index (χ0v) is 16.0. The highest BCUT2D eigenvalue weighted by Crippen LogP contribution is 2.33. The summed E-state index contributed by atoms with van der Waals surface area (Å²) in [5, 5.41) is 0. The van der Waals surface area contributed by atoms with Crippen LogP contribution in [0, 0.1) is 0 Å². The molecule has 0 aliphatic carbocycles. The topological polar surface area (TPSA) is 59.1 Å². The van der Waals surface area contributed by atoms with Crippen LogP contribution in [0.1, 0.15) is 35.2 Å². The van der Waals surface area contributed by atoms with Crippen molar-refractivity contribution in [3.63, 3.8) is 0 Å². The molecular formula is C22H24N2O4. The van der Waals surface area contributed by atoms with E-state index in [1.165, 1.54) is 0 Å². The van der Waals surface area contributed by atoms with E-state index in [1.54, 1.807) is 23.1 Å². The number of hydrogen-bond donors (Lipinski definition) is 0. The van der Waals surface area contributed by atoms with Crippen molar-refractivity contribution in [3.05, 3.63) is 59.7 Å². The summed E-state index contributed by atoms with van der Waals surface area (Å²) in [6.07, 6.45) is 0.763. The quantitative estimate of drug-likeness (QED) is 0.818. The molecule has 2 amide bonds. The van der Waals surface area contributed by atoms with E-state index >= 15 is 0 Å². The number of benzene rings is 2. The summed E-state index contributed by atoms with van der Waals surface area (Å²) < 4.78 is 10.7. The molecule has 28 heavy (non-hydrogen) atoms. The maximum Gasteiger partial charge on any atom is 0.254 e. The van der Waals surface area contributed by atoms with E-state index in [0.717, 1.165) is 12.0 Å². The first-order valence-corrected chi connectivity index (χ1v) is 9.70. The first kappa shape index (κ1) is 18.3. The van der Waals surface area contributed by atoms with Gasteiger partial charge in [-0.1, -0.05) is 37.3 Å². The van der Waals surface area contributed by atoms with Gasteiger partial charge in [0.15, 0.2) is 11.5 Å². The minimum atomic E-state index is -0.127. The molecule has 6 heteroatoms. The summed E-state index contributed by atoms with van der Waals surface area (Å²) in [5.41, 5.74) is 1.63. The number of nitrogens with zero attached hydrogens (tertiary/aromatic N) is 2. The fourth-order valence-corrected chi connectivity index (χ4v) is 3.80. The van der Waals surface area contributed by atoms with Gasteiger partial charge in [-0.3, -0.25) is 9.59 Å². The van der Waals surface area contributed by atoms with Crippen molar-refractivity contribution in [2.45, 2.75) is 19.3 Å². The van der Waals surface area contributed by atoms with E-state index in [4.69, 9.17) is 9.47 Å². The smallest absolute Gasteiger partial charge is 0.254 e. The minimum Gasteiger partial charge on any atom is -0.454 e. The number of amides is 2. The zero-order valence-electron chi connectivity index (χ0n) is 16.0. The fourth-order valence-electron chi connectivity index (χ4n) is 3.80. The molecule has 0 aromatic heterocycles. The monoisotopic (exact) mass is 380 g/mol. The fraction of sp³-hybridized carbons (Fsp3) is 0.364. The number of fused-ring (bicyclic) bond motifs is 1. The van der Waals surface area contributed by atoms with Crippen molar-refractivity contribution in [3.8, 4) is 11.5 Å². The van der Waals surface area contributed by atoms with E-state index in [-0.39, 0.29) is 24.5 Å². The SMILES string of the molecule is CCC(C(=O)N1CCN(C(=O)c2ccc3c(c2)OCO3)CC1)c1ccccc1. The maximum absolute atomic E-state index is 13.0. The van der Waals surface area contributed by atoms with Crippen LogP contribution in [0.5, 0.6) is 11.5 Å². The average Bonchev–Trinajstić information content (AvgIpc) is 3.22. The summed E-state index contributed by atoms with van der Waals surface area (Å²) in [5.74, 6) is 1.24. The lowest BCUT2D eigenvalue weighted by Gasteiger charge is -2.36. The van der Waals surface area contributed by atoms with Crippen LogP contribution in [0.2, 0.25) is 0 Å². The second kappa shape index (κ2) is 7.92. The van der Waals surface area contributed by atoms with Crippen molar-refractivity contribution in [1.82, 2.24) is 9.80 Å². The summed E-state index contributed by atoms with van der Waals surface area (Å²) in [6.45, 7) is 4.40. The average molecular weight is 380 g/mol. The Morgan fingerprint density at radius 1 is 0.929 bits per heavy atom. The van der Waals surface area contributed by atoms with Crippen molar-refractivity contribution in [1.29, 1.82) is 0 Å². The van der Waals surface area contributed by atoms with E-state index in [9.17, 15) is 9.59 Å². The Morgan fingerprint density at radius 3 is 2.32 bits per heavy atom. The predicted molar refractivity (Wildman–Crippen MR) is 105 cm³/mol. The van der Waals surface area contributed by atoms with Crippen LogP contribution in [0.3, 0.4) is 0 Å². The van der Waals surface area contributed by atoms with Gasteiger partial charge < -0.3 is 19.3 Å². The standard InChI is InChI=1S/C22H24N2O4/c1-2-18(16-6-4-3-5-7-16)22(26)24-12-10-23(11-13-24)21(25)17-8-9-19-20(14-17)28-15-27-19/h3-9,14,18H,2,10-13,15H2,1H3. The highest BCUT2D eigenvalue weighted by molar-refractivity contribution is 5.95. The van der Waals surface area contributed by atoms with Crippen molar-refractivity contribution in [2.75, 3.05) is 33.0 Å². The van der Waals surface area contributed by atoms with Crippen LogP contribution in [0.15, 0.2) is 48.5 Å². The predicted octanol–water partition coefficient (Wildman–Crippen LogP) is 2.89. The third-order valence-corrected chi connectivity index (χ3v) is 5.41. The first-order valence-electron chi connectivity index (χ1n) is 9.70. The lowest BCUT2D eigenvalue weighted by atomic mass is 9.95. The van der Waals surface area contributed by atoms with Gasteiger partial charge >= 0.3 is 0 Å². The molecule has 0 spiro atoms. The van der Waals surface area contributed by atoms with Crippen LogP contribution < -0.4 is 9.47 Å². The second-order valence-electron chi connectivity index (χ2n) is 7.06. The maximum atomic E-state index is 13.0. The summed E-state index contributed by atoms with van der Waals surface area (Å²) >= 11 is 0. The van der Waals surface area contributed by atoms with Gasteiger partial charge in [0.2, 0.25) is 12.7 Å². The third-order valence-electron chi connectivity index (χ3n) is 5.41. The highest BCUT2D eigenvalue weighted by Gasteiger charge is 2.29. The van der Waals surface area contributed by atoms with Crippen molar-refractivity contribution >= 4 is 11.8 Å². The third kappa shape index (κ3) is 3.54. The molecule has 1 atom stereocenters. The Kier molecular flexibility index (Phi) is 5.19. The number of hydrogen-bond acceptors (Lipinski definition) is 4. The summed E-state index contributed by atoms with van der Waals surface area (Å²) in [7, 11) is 0. The molecule has 1 unspecified atom stereocenters. The van der Waals surface area contributed by atoms with Gasteiger partial charge in [-0.2, -0.15) is 0 Å². The van der Waals surface area contributed by atoms with Gasteiger partial charge in [0.1, 0.15) is 0 Å². The van der Waals surface area contributed by atoms with Gasteiger partial charge in [0.25, 0.3) is 5.91 Å². The van der Waals surface area contributed by atoms with Gasteiger partial charge in [0, 0.05) is 31.7 Å². The van der Waals surface area contributed by atoms with Crippen LogP contribution in [0.4, 0.5) is 0 Å². The lowest BCUT2D eigenvalue weighted by Crippen LogP contribution is -2.51. The van der Waals surface area contributed by atoms with Gasteiger partial charge in [-0.05, 0) is 30.2 Å². The van der Waals surface area contributed by atoms with Crippen molar-refractivity contribution in [2.24, 2.45) is 0 Å². The molecule has 2 aliphatic heterocycles. The molecule has 2 aliphatic rings. The zero-order chi connectivity index (χ0) is 19.5. The van der Waals surface area contributed by atoms with E-state index in [2.05, 4.69) is 0 Å². The molecule has 2 aromatic carbocycles. The largest absolute Gasteiger partial charge is 0.454 e. The molecule has 2 aromatic rings. The molecule has 0 bridgehead atoms. The molecule has 0 radical (unpaired) electrons. The van der Waals surface area contributed by atoms with Gasteiger partial charge in [0.05, 0.1) is 5.92 Å². The van der Waals surface area contributed by atoms with Crippen LogP contribution in [-0.4, -0.2) is 54.6 Å². The van der Waals surface area contributed by atoms with Gasteiger partial charge in [-0.25, -0.2) is 0 Å². The molecule has 1 fully saturated rings. The van der Waals surface area contributed by atoms with E-state index in [0.29, 0.717) is 43.2 Å². The van der Waals surface area contributed by atoms with E-state index in [1.807, 2.05) is 42.2 Å². The molecule has 0 saturated carbocycles. The Bertz CT molecular complexity index is 860. The molecule has 6 nitrogen and oxygen atoms in total. The summed E-state index contributed by atoms with van der Waals surface area (Å²) in [6, 6.07) is 15.2. The molecule has 0 N–H and O–H groups in total. The highest BCUT2D eigenvalue weighted by atomic mass is 16.7. The molecule has 146 valence electrons. The molecular weight excluding hydrogens is 356 g/mol. The first-order chi connectivity index (χ1) is 13.7. The van der Waals surface area contributed by atoms with Crippen LogP contribution in [0.25, 0.3) is 0 Å². The Labute approximate surface area is 164 Å². The van der Waals surface area contributed by atoms with Gasteiger partial charge in [-0.15, -0.1) is 0 Å². The second-order valence-corrected chi connectivity index (χ2v) is 7.06. The Balaban J connectivity index is 1.39. The number of ether oxygens (including phenoxy) is 2. The Hall–Kier alpha value is -3.02. The molecule has 2 heterocycles. The Morgan fingerprint density at radius 2 is 1.61 bits per heavy atom. The number of carbonyl (C=O) groups is 2. The van der Waals surface area contributed by atoms with Crippen LogP contribution >= 0.6 is 0 Å². The van der Waals surface area contributed by atoms with Crippen molar-refractivity contribution < 1.29 is 19.1 Å².